The van der Waals surface area contributed by atoms with Crippen LogP contribution in [-0.2, 0) is 9.53 Å². The van der Waals surface area contributed by atoms with Crippen LogP contribution in [0.25, 0.3) is 0 Å². The van der Waals surface area contributed by atoms with Crippen LogP contribution < -0.4 is 0 Å². The zero-order valence-corrected chi connectivity index (χ0v) is 14.6. The quantitative estimate of drug-likeness (QED) is 0.734. The molecule has 0 fully saturated rings. The van der Waals surface area contributed by atoms with Crippen molar-refractivity contribution in [1.29, 1.82) is 0 Å². The largest absolute Gasteiger partial charge is 0.465 e. The molecule has 21 heavy (non-hydrogen) atoms. The molecule has 0 atom stereocenters. The zero-order chi connectivity index (χ0) is 16.0. The second-order valence-corrected chi connectivity index (χ2v) is 6.32. The van der Waals surface area contributed by atoms with E-state index in [4.69, 9.17) is 4.74 Å². The van der Waals surface area contributed by atoms with Crippen LogP contribution in [0.15, 0.2) is 22.7 Å². The van der Waals surface area contributed by atoms with Gasteiger partial charge in [0, 0.05) is 16.6 Å². The molecule has 1 rings (SSSR count). The topological polar surface area (TPSA) is 46.6 Å². The van der Waals surface area contributed by atoms with Crippen molar-refractivity contribution in [1.82, 2.24) is 4.90 Å². The second-order valence-electron chi connectivity index (χ2n) is 5.40. The Morgan fingerprint density at radius 1 is 1.29 bits per heavy atom. The summed E-state index contributed by atoms with van der Waals surface area (Å²) in [6, 6.07) is 5.54. The molecule has 0 radical (unpaired) electrons. The first-order valence-electron chi connectivity index (χ1n) is 7.05. The lowest BCUT2D eigenvalue weighted by Crippen LogP contribution is -2.39. The maximum Gasteiger partial charge on any atom is 0.325 e. The van der Waals surface area contributed by atoms with Crippen LogP contribution in [0.2, 0.25) is 0 Å². The maximum absolute atomic E-state index is 12.6. The van der Waals surface area contributed by atoms with E-state index in [-0.39, 0.29) is 24.3 Å². The van der Waals surface area contributed by atoms with Gasteiger partial charge >= 0.3 is 5.97 Å². The number of benzene rings is 1. The van der Waals surface area contributed by atoms with Crippen molar-refractivity contribution < 1.29 is 14.3 Å². The highest BCUT2D eigenvalue weighted by Crippen LogP contribution is 2.17. The molecule has 0 heterocycles. The molecule has 0 N–H and O–H groups in total. The summed E-state index contributed by atoms with van der Waals surface area (Å²) < 4.78 is 5.80. The smallest absolute Gasteiger partial charge is 0.325 e. The highest BCUT2D eigenvalue weighted by Gasteiger charge is 2.21. The standard InChI is InChI=1S/C16H22BrNO3/c1-5-21-15(19)10-18(9-11(2)3)16(20)13-6-12(4)7-14(17)8-13/h6-8,11H,5,9-10H2,1-4H3. The Morgan fingerprint density at radius 2 is 1.95 bits per heavy atom. The van der Waals surface area contributed by atoms with Gasteiger partial charge in [0.25, 0.3) is 5.91 Å². The molecule has 0 spiro atoms. The Balaban J connectivity index is 2.95. The van der Waals surface area contributed by atoms with Gasteiger partial charge in [0.1, 0.15) is 6.54 Å². The number of ether oxygens (including phenoxy) is 1. The van der Waals surface area contributed by atoms with E-state index in [9.17, 15) is 9.59 Å². The van der Waals surface area contributed by atoms with E-state index in [1.807, 2.05) is 32.9 Å². The van der Waals surface area contributed by atoms with Gasteiger partial charge < -0.3 is 9.64 Å². The first-order chi connectivity index (χ1) is 9.83. The SMILES string of the molecule is CCOC(=O)CN(CC(C)C)C(=O)c1cc(C)cc(Br)c1. The van der Waals surface area contributed by atoms with Crippen molar-refractivity contribution in [2.45, 2.75) is 27.7 Å². The van der Waals surface area contributed by atoms with Gasteiger partial charge in [-0.15, -0.1) is 0 Å². The van der Waals surface area contributed by atoms with Crippen molar-refractivity contribution in [3.8, 4) is 0 Å². The lowest BCUT2D eigenvalue weighted by Gasteiger charge is -2.24. The van der Waals surface area contributed by atoms with E-state index in [1.165, 1.54) is 0 Å². The van der Waals surface area contributed by atoms with Crippen molar-refractivity contribution >= 4 is 27.8 Å². The predicted octanol–water partition coefficient (Wildman–Crippen LogP) is 3.42. The van der Waals surface area contributed by atoms with Gasteiger partial charge in [-0.1, -0.05) is 29.8 Å². The number of amides is 1. The van der Waals surface area contributed by atoms with Crippen LogP contribution in [0.5, 0.6) is 0 Å². The third kappa shape index (κ3) is 5.87. The van der Waals surface area contributed by atoms with Gasteiger partial charge in [0.05, 0.1) is 6.61 Å². The van der Waals surface area contributed by atoms with Crippen molar-refractivity contribution in [3.05, 3.63) is 33.8 Å². The molecule has 1 aromatic rings. The monoisotopic (exact) mass is 355 g/mol. The molecular weight excluding hydrogens is 334 g/mol. The Morgan fingerprint density at radius 3 is 2.48 bits per heavy atom. The fourth-order valence-electron chi connectivity index (χ4n) is 2.06. The first-order valence-corrected chi connectivity index (χ1v) is 7.84. The third-order valence-corrected chi connectivity index (χ3v) is 3.24. The average molecular weight is 356 g/mol. The van der Waals surface area contributed by atoms with Crippen molar-refractivity contribution in [2.75, 3.05) is 19.7 Å². The van der Waals surface area contributed by atoms with Gasteiger partial charge in [-0.05, 0) is 43.5 Å². The summed E-state index contributed by atoms with van der Waals surface area (Å²) in [5.74, 6) is -0.254. The van der Waals surface area contributed by atoms with Crippen LogP contribution in [0.1, 0.15) is 36.7 Å². The molecule has 1 aromatic carbocycles. The van der Waals surface area contributed by atoms with Crippen molar-refractivity contribution in [2.24, 2.45) is 5.92 Å². The Kier molecular flexibility index (Phi) is 6.89. The van der Waals surface area contributed by atoms with Crippen LogP contribution in [0.4, 0.5) is 0 Å². The number of esters is 1. The number of nitrogens with zero attached hydrogens (tertiary/aromatic N) is 1. The fraction of sp³-hybridized carbons (Fsp3) is 0.500. The third-order valence-electron chi connectivity index (χ3n) is 2.79. The first kappa shape index (κ1) is 17.7. The van der Waals surface area contributed by atoms with Crippen LogP contribution >= 0.6 is 15.9 Å². The average Bonchev–Trinajstić information content (AvgIpc) is 2.35. The summed E-state index contributed by atoms with van der Waals surface area (Å²) in [7, 11) is 0. The van der Waals surface area contributed by atoms with Gasteiger partial charge in [-0.3, -0.25) is 9.59 Å². The lowest BCUT2D eigenvalue weighted by atomic mass is 10.1. The van der Waals surface area contributed by atoms with Crippen LogP contribution in [0.3, 0.4) is 0 Å². The molecule has 0 aliphatic carbocycles. The minimum atomic E-state index is -0.377. The molecule has 0 saturated heterocycles. The van der Waals surface area contributed by atoms with E-state index in [2.05, 4.69) is 15.9 Å². The van der Waals surface area contributed by atoms with E-state index in [1.54, 1.807) is 17.9 Å². The number of hydrogen-bond acceptors (Lipinski definition) is 3. The highest BCUT2D eigenvalue weighted by atomic mass is 79.9. The predicted molar refractivity (Wildman–Crippen MR) is 86.3 cm³/mol. The van der Waals surface area contributed by atoms with E-state index in [0.29, 0.717) is 18.7 Å². The van der Waals surface area contributed by atoms with E-state index < -0.39 is 0 Å². The molecule has 116 valence electrons. The van der Waals surface area contributed by atoms with Crippen LogP contribution in [-0.4, -0.2) is 36.5 Å². The summed E-state index contributed by atoms with van der Waals surface area (Å²) in [4.78, 5) is 25.8. The van der Waals surface area contributed by atoms with Gasteiger partial charge in [-0.25, -0.2) is 0 Å². The lowest BCUT2D eigenvalue weighted by molar-refractivity contribution is -0.143. The van der Waals surface area contributed by atoms with Gasteiger partial charge in [0.2, 0.25) is 0 Å². The summed E-state index contributed by atoms with van der Waals surface area (Å²) in [5, 5.41) is 0. The fourth-order valence-corrected chi connectivity index (χ4v) is 2.67. The Hall–Kier alpha value is -1.36. The molecule has 0 aliphatic heterocycles. The number of carbonyl (C=O) groups is 2. The molecule has 0 aromatic heterocycles. The molecule has 1 amide bonds. The number of halogens is 1. The molecular formula is C16H22BrNO3. The molecule has 0 bridgehead atoms. The highest BCUT2D eigenvalue weighted by molar-refractivity contribution is 9.10. The summed E-state index contributed by atoms with van der Waals surface area (Å²) in [6.07, 6.45) is 0. The summed E-state index contributed by atoms with van der Waals surface area (Å²) in [6.45, 7) is 8.52. The molecule has 0 unspecified atom stereocenters. The molecule has 4 nitrogen and oxygen atoms in total. The summed E-state index contributed by atoms with van der Waals surface area (Å²) >= 11 is 3.39. The zero-order valence-electron chi connectivity index (χ0n) is 13.0. The van der Waals surface area contributed by atoms with Crippen LogP contribution in [0, 0.1) is 12.8 Å². The Bertz CT molecular complexity index is 494. The van der Waals surface area contributed by atoms with Crippen molar-refractivity contribution in [3.63, 3.8) is 0 Å². The second kappa shape index (κ2) is 8.17. The minimum Gasteiger partial charge on any atom is -0.465 e. The maximum atomic E-state index is 12.6. The van der Waals surface area contributed by atoms with Gasteiger partial charge in [0.15, 0.2) is 0 Å². The van der Waals surface area contributed by atoms with Gasteiger partial charge in [-0.2, -0.15) is 0 Å². The molecule has 0 saturated carbocycles. The number of rotatable bonds is 6. The van der Waals surface area contributed by atoms with E-state index >= 15 is 0 Å². The number of carbonyl (C=O) groups excluding carboxylic acids is 2. The number of aryl methyl sites for hydroxylation is 1. The molecule has 5 heteroatoms. The normalized spacial score (nSPS) is 10.6. The van der Waals surface area contributed by atoms with E-state index in [0.717, 1.165) is 10.0 Å². The Labute approximate surface area is 134 Å². The number of hydrogen-bond donors (Lipinski definition) is 0. The minimum absolute atomic E-state index is 0.0174. The molecule has 0 aliphatic rings. The summed E-state index contributed by atoms with van der Waals surface area (Å²) in [5.41, 5.74) is 1.57.